The van der Waals surface area contributed by atoms with Crippen molar-refractivity contribution < 1.29 is 8.42 Å². The third kappa shape index (κ3) is 4.86. The Hall–Kier alpha value is -2.71. The van der Waals surface area contributed by atoms with Crippen molar-refractivity contribution >= 4 is 56.5 Å². The van der Waals surface area contributed by atoms with Crippen molar-refractivity contribution in [2.24, 2.45) is 9.39 Å². The summed E-state index contributed by atoms with van der Waals surface area (Å²) in [6, 6.07) is 22.7. The van der Waals surface area contributed by atoms with E-state index < -0.39 is 10.0 Å². The molecule has 0 saturated heterocycles. The zero-order valence-electron chi connectivity index (χ0n) is 16.8. The molecule has 0 aliphatic carbocycles. The summed E-state index contributed by atoms with van der Waals surface area (Å²) in [6.45, 7) is 1.91. The van der Waals surface area contributed by atoms with Gasteiger partial charge in [-0.2, -0.15) is 8.42 Å². The maximum Gasteiger partial charge on any atom is 0.285 e. The fourth-order valence-electron chi connectivity index (χ4n) is 2.86. The summed E-state index contributed by atoms with van der Waals surface area (Å²) >= 11 is 14.0. The van der Waals surface area contributed by atoms with Crippen molar-refractivity contribution in [2.45, 2.75) is 11.8 Å². The molecule has 0 aliphatic rings. The van der Waals surface area contributed by atoms with Crippen LogP contribution in [0.2, 0.25) is 10.2 Å². The lowest BCUT2D eigenvalue weighted by molar-refractivity contribution is 0.596. The van der Waals surface area contributed by atoms with Gasteiger partial charge in [0.25, 0.3) is 10.0 Å². The summed E-state index contributed by atoms with van der Waals surface area (Å²) in [6.07, 6.45) is 1.58. The number of hydrogen-bond donors (Lipinski definition) is 0. The van der Waals surface area contributed by atoms with E-state index in [1.165, 1.54) is 12.1 Å². The predicted octanol–water partition coefficient (Wildman–Crippen LogP) is 6.19. The van der Waals surface area contributed by atoms with E-state index in [-0.39, 0.29) is 9.70 Å². The Morgan fingerprint density at radius 1 is 0.938 bits per heavy atom. The summed E-state index contributed by atoms with van der Waals surface area (Å²) < 4.78 is 31.5. The van der Waals surface area contributed by atoms with Crippen LogP contribution in [-0.4, -0.2) is 19.2 Å². The van der Waals surface area contributed by atoms with E-state index in [9.17, 15) is 8.42 Å². The second kappa shape index (κ2) is 9.42. The predicted molar refractivity (Wildman–Crippen MR) is 131 cm³/mol. The van der Waals surface area contributed by atoms with Crippen LogP contribution >= 0.6 is 34.5 Å². The molecule has 0 bridgehead atoms. The molecule has 3 aromatic carbocycles. The number of rotatable bonds is 5. The number of thiazole rings is 1. The van der Waals surface area contributed by atoms with E-state index in [1.807, 2.05) is 49.4 Å². The molecule has 0 aliphatic heterocycles. The maximum atomic E-state index is 12.9. The van der Waals surface area contributed by atoms with Crippen molar-refractivity contribution in [3.05, 3.63) is 104 Å². The van der Waals surface area contributed by atoms with E-state index in [1.54, 1.807) is 35.0 Å². The monoisotopic (exact) mass is 501 g/mol. The summed E-state index contributed by atoms with van der Waals surface area (Å²) in [4.78, 5) is 5.34. The average Bonchev–Trinajstić information content (AvgIpc) is 3.10. The SMILES string of the molecule is Cc1ccc(N=Cc2s/c(=N\S(=O)(=O)c3ccccc3)n(-c3ccccc3)c2Cl)cc1Cl. The zero-order chi connectivity index (χ0) is 22.7. The molecule has 5 nitrogen and oxygen atoms in total. The van der Waals surface area contributed by atoms with Crippen LogP contribution in [0.3, 0.4) is 0 Å². The molecule has 0 radical (unpaired) electrons. The van der Waals surface area contributed by atoms with Crippen molar-refractivity contribution in [1.82, 2.24) is 4.57 Å². The standard InChI is InChI=1S/C23H17Cl2N3O2S2/c1-16-12-13-17(14-20(16)24)26-15-21-22(25)28(18-8-4-2-5-9-18)23(31-21)27-32(29,30)19-10-6-3-7-11-19/h2-15H,1H3/b26-15?,27-23-. The van der Waals surface area contributed by atoms with Crippen molar-refractivity contribution in [1.29, 1.82) is 0 Å². The lowest BCUT2D eigenvalue weighted by Crippen LogP contribution is -2.15. The molecule has 9 heteroatoms. The minimum atomic E-state index is -3.93. The molecule has 0 N–H and O–H groups in total. The quantitative estimate of drug-likeness (QED) is 0.305. The third-order valence-corrected chi connectivity index (χ3v) is 7.80. The average molecular weight is 502 g/mol. The fourth-order valence-corrected chi connectivity index (χ4v) is 5.53. The Bertz CT molecular complexity index is 1460. The number of nitrogens with zero attached hydrogens (tertiary/aromatic N) is 3. The first kappa shape index (κ1) is 22.5. The third-order valence-electron chi connectivity index (χ3n) is 4.53. The number of aliphatic imine (C=N–C) groups is 1. The number of para-hydroxylation sites is 1. The molecule has 162 valence electrons. The molecular weight excluding hydrogens is 485 g/mol. The van der Waals surface area contributed by atoms with Crippen molar-refractivity contribution in [3.8, 4) is 5.69 Å². The Morgan fingerprint density at radius 3 is 2.25 bits per heavy atom. The zero-order valence-corrected chi connectivity index (χ0v) is 20.0. The lowest BCUT2D eigenvalue weighted by atomic mass is 10.2. The summed E-state index contributed by atoms with van der Waals surface area (Å²) in [5.41, 5.74) is 2.30. The largest absolute Gasteiger partial charge is 0.285 e. The van der Waals surface area contributed by atoms with Crippen LogP contribution in [0.1, 0.15) is 10.4 Å². The number of benzene rings is 3. The molecule has 32 heavy (non-hydrogen) atoms. The molecule has 0 amide bonds. The first-order chi connectivity index (χ1) is 15.3. The van der Waals surface area contributed by atoms with Crippen LogP contribution in [-0.2, 0) is 10.0 Å². The van der Waals surface area contributed by atoms with Crippen LogP contribution in [0.5, 0.6) is 0 Å². The minimum Gasteiger partial charge on any atom is -0.274 e. The van der Waals surface area contributed by atoms with Gasteiger partial charge in [-0.1, -0.05) is 77.0 Å². The highest BCUT2D eigenvalue weighted by Gasteiger charge is 2.17. The number of sulfonamides is 1. The highest BCUT2D eigenvalue weighted by molar-refractivity contribution is 7.90. The van der Waals surface area contributed by atoms with E-state index in [0.29, 0.717) is 26.4 Å². The Morgan fingerprint density at radius 2 is 1.59 bits per heavy atom. The van der Waals surface area contributed by atoms with E-state index in [4.69, 9.17) is 23.2 Å². The number of aryl methyl sites for hydroxylation is 1. The molecule has 1 heterocycles. The Labute approximate surface area is 200 Å². The lowest BCUT2D eigenvalue weighted by Gasteiger charge is -2.05. The molecule has 0 unspecified atom stereocenters. The molecule has 1 aromatic heterocycles. The van der Waals surface area contributed by atoms with Gasteiger partial charge in [-0.25, -0.2) is 0 Å². The first-order valence-corrected chi connectivity index (χ1v) is 12.5. The van der Waals surface area contributed by atoms with Gasteiger partial charge < -0.3 is 0 Å². The molecule has 0 atom stereocenters. The van der Waals surface area contributed by atoms with Crippen LogP contribution in [0.4, 0.5) is 5.69 Å². The van der Waals surface area contributed by atoms with Gasteiger partial charge in [0.05, 0.1) is 15.5 Å². The Balaban J connectivity index is 1.86. The van der Waals surface area contributed by atoms with Gasteiger partial charge in [-0.15, -0.1) is 4.40 Å². The molecule has 4 rings (SSSR count). The van der Waals surface area contributed by atoms with Gasteiger partial charge in [0, 0.05) is 16.9 Å². The van der Waals surface area contributed by atoms with Crippen LogP contribution < -0.4 is 4.80 Å². The summed E-state index contributed by atoms with van der Waals surface area (Å²) in [5, 5.41) is 0.922. The summed E-state index contributed by atoms with van der Waals surface area (Å²) in [5.74, 6) is 0. The van der Waals surface area contributed by atoms with Gasteiger partial charge in [0.1, 0.15) is 5.15 Å². The number of aromatic nitrogens is 1. The van der Waals surface area contributed by atoms with E-state index >= 15 is 0 Å². The van der Waals surface area contributed by atoms with Crippen molar-refractivity contribution in [3.63, 3.8) is 0 Å². The van der Waals surface area contributed by atoms with Gasteiger partial charge >= 0.3 is 0 Å². The fraction of sp³-hybridized carbons (Fsp3) is 0.0435. The second-order valence-electron chi connectivity index (χ2n) is 6.78. The summed E-state index contributed by atoms with van der Waals surface area (Å²) in [7, 11) is -3.93. The highest BCUT2D eigenvalue weighted by Crippen LogP contribution is 2.25. The highest BCUT2D eigenvalue weighted by atomic mass is 35.5. The molecule has 0 spiro atoms. The maximum absolute atomic E-state index is 12.9. The first-order valence-electron chi connectivity index (χ1n) is 9.48. The minimum absolute atomic E-state index is 0.105. The van der Waals surface area contributed by atoms with Gasteiger partial charge in [-0.3, -0.25) is 9.56 Å². The molecule has 0 saturated carbocycles. The normalized spacial score (nSPS) is 12.5. The number of halogens is 2. The smallest absolute Gasteiger partial charge is 0.274 e. The second-order valence-corrected chi connectivity index (χ2v) is 10.2. The van der Waals surface area contributed by atoms with Crippen LogP contribution in [0, 0.1) is 6.92 Å². The number of hydrogen-bond acceptors (Lipinski definition) is 4. The van der Waals surface area contributed by atoms with E-state index in [0.717, 1.165) is 16.9 Å². The van der Waals surface area contributed by atoms with Crippen LogP contribution in [0.15, 0.2) is 93.1 Å². The molecular formula is C23H17Cl2N3O2S2. The molecule has 4 aromatic rings. The van der Waals surface area contributed by atoms with Gasteiger partial charge in [0.2, 0.25) is 4.80 Å². The molecule has 0 fully saturated rings. The van der Waals surface area contributed by atoms with Gasteiger partial charge in [0.15, 0.2) is 0 Å². The topological polar surface area (TPSA) is 63.8 Å². The van der Waals surface area contributed by atoms with Crippen LogP contribution in [0.25, 0.3) is 5.69 Å². The van der Waals surface area contributed by atoms with Crippen molar-refractivity contribution in [2.75, 3.05) is 0 Å². The van der Waals surface area contributed by atoms with Gasteiger partial charge in [-0.05, 0) is 48.9 Å². The Kier molecular flexibility index (Phi) is 6.62. The van der Waals surface area contributed by atoms with E-state index in [2.05, 4.69) is 9.39 Å².